The Morgan fingerprint density at radius 1 is 0.586 bits per heavy atom. The van der Waals surface area contributed by atoms with Gasteiger partial charge in [0.1, 0.15) is 0 Å². The van der Waals surface area contributed by atoms with Crippen LogP contribution in [0.5, 0.6) is 0 Å². The van der Waals surface area contributed by atoms with Crippen molar-refractivity contribution in [2.45, 2.75) is 143 Å². The van der Waals surface area contributed by atoms with Gasteiger partial charge < -0.3 is 0 Å². The lowest BCUT2D eigenvalue weighted by Gasteiger charge is -2.19. The summed E-state index contributed by atoms with van der Waals surface area (Å²) in [7, 11) is 0. The Bertz CT molecular complexity index is 325. The highest BCUT2D eigenvalue weighted by atomic mass is 14.2. The molecule has 0 amide bonds. The highest BCUT2D eigenvalue weighted by molar-refractivity contribution is 4.88. The van der Waals surface area contributed by atoms with Crippen molar-refractivity contribution in [3.05, 3.63) is 26.0 Å². The standard InChI is InChI=1S/C29H56/c1-6-11-22-28(9-4)25-26-29(10-5)24-21-19-17-15-13-12-14-16-18-20-23-27(7-2)8-3/h20,23,27-29H,1-2,6-19,21-22,24-26H2,3-5H3. The zero-order valence-electron chi connectivity index (χ0n) is 20.7. The van der Waals surface area contributed by atoms with Crippen molar-refractivity contribution in [1.82, 2.24) is 0 Å². The first-order valence-corrected chi connectivity index (χ1v) is 13.5. The number of hydrogen-bond acceptors (Lipinski definition) is 0. The summed E-state index contributed by atoms with van der Waals surface area (Å²) in [6.07, 6.45) is 30.8. The topological polar surface area (TPSA) is 0 Å². The minimum Gasteiger partial charge on any atom is -0.0883 e. The van der Waals surface area contributed by atoms with Crippen LogP contribution in [0.1, 0.15) is 143 Å². The molecule has 0 rings (SSSR count). The van der Waals surface area contributed by atoms with Gasteiger partial charge in [0.25, 0.3) is 0 Å². The maximum Gasteiger partial charge on any atom is -0.0236 e. The predicted molar refractivity (Wildman–Crippen MR) is 135 cm³/mol. The molecule has 29 heavy (non-hydrogen) atoms. The van der Waals surface area contributed by atoms with E-state index in [1.807, 2.05) is 0 Å². The molecule has 0 bridgehead atoms. The Morgan fingerprint density at radius 3 is 1.59 bits per heavy atom. The molecule has 0 saturated heterocycles. The van der Waals surface area contributed by atoms with Crippen molar-refractivity contribution in [3.8, 4) is 0 Å². The van der Waals surface area contributed by atoms with Crippen molar-refractivity contribution in [2.24, 2.45) is 17.8 Å². The monoisotopic (exact) mass is 404 g/mol. The zero-order valence-corrected chi connectivity index (χ0v) is 20.7. The van der Waals surface area contributed by atoms with Crippen LogP contribution in [-0.2, 0) is 0 Å². The van der Waals surface area contributed by atoms with E-state index in [0.29, 0.717) is 5.92 Å². The normalized spacial score (nSPS) is 14.1. The molecule has 0 nitrogen and oxygen atoms in total. The predicted octanol–water partition coefficient (Wildman–Crippen LogP) is 10.5. The van der Waals surface area contributed by atoms with Crippen molar-refractivity contribution >= 4 is 0 Å². The van der Waals surface area contributed by atoms with Gasteiger partial charge in [0.15, 0.2) is 0 Å². The highest BCUT2D eigenvalue weighted by Gasteiger charge is 2.11. The van der Waals surface area contributed by atoms with E-state index in [9.17, 15) is 0 Å². The zero-order chi connectivity index (χ0) is 21.6. The van der Waals surface area contributed by atoms with Crippen LogP contribution in [0.25, 0.3) is 0 Å². The molecular weight excluding hydrogens is 348 g/mol. The van der Waals surface area contributed by atoms with Crippen LogP contribution in [0.3, 0.4) is 0 Å². The average Bonchev–Trinajstić information content (AvgIpc) is 2.75. The molecular formula is C29H56. The molecule has 0 aromatic heterocycles. The van der Waals surface area contributed by atoms with Crippen LogP contribution in [0.15, 0.2) is 12.2 Å². The molecule has 0 heterocycles. The van der Waals surface area contributed by atoms with Crippen LogP contribution in [-0.4, -0.2) is 0 Å². The van der Waals surface area contributed by atoms with E-state index in [0.717, 1.165) is 24.7 Å². The van der Waals surface area contributed by atoms with Crippen LogP contribution in [0.2, 0.25) is 0 Å². The summed E-state index contributed by atoms with van der Waals surface area (Å²) in [6, 6.07) is 0. The quantitative estimate of drug-likeness (QED) is 0.124. The number of hydrogen-bond donors (Lipinski definition) is 0. The molecule has 3 atom stereocenters. The number of rotatable bonds is 22. The fraction of sp³-hybridized carbons (Fsp3) is 0.862. The molecule has 0 aliphatic heterocycles. The summed E-state index contributed by atoms with van der Waals surface area (Å²) >= 11 is 0. The minimum absolute atomic E-state index is 0.703. The number of allylic oxidation sites excluding steroid dienone is 2. The smallest absolute Gasteiger partial charge is 0.0236 e. The third kappa shape index (κ3) is 18.2. The fourth-order valence-electron chi connectivity index (χ4n) is 4.49. The molecule has 0 heteroatoms. The third-order valence-corrected chi connectivity index (χ3v) is 7.04. The van der Waals surface area contributed by atoms with Crippen molar-refractivity contribution in [3.63, 3.8) is 0 Å². The van der Waals surface area contributed by atoms with Crippen LogP contribution >= 0.6 is 0 Å². The summed E-state index contributed by atoms with van der Waals surface area (Å²) in [5.74, 6) is 2.64. The van der Waals surface area contributed by atoms with E-state index >= 15 is 0 Å². The van der Waals surface area contributed by atoms with E-state index in [-0.39, 0.29) is 0 Å². The van der Waals surface area contributed by atoms with Gasteiger partial charge in [0.05, 0.1) is 0 Å². The molecule has 0 aliphatic carbocycles. The largest absolute Gasteiger partial charge is 0.0883 e. The maximum absolute atomic E-state index is 4.02. The van der Waals surface area contributed by atoms with Crippen molar-refractivity contribution < 1.29 is 0 Å². The molecule has 0 aliphatic rings. The van der Waals surface area contributed by atoms with Crippen LogP contribution in [0, 0.1) is 31.6 Å². The van der Waals surface area contributed by atoms with Gasteiger partial charge in [-0.1, -0.05) is 143 Å². The Morgan fingerprint density at radius 2 is 1.10 bits per heavy atom. The summed E-state index contributed by atoms with van der Waals surface area (Å²) in [4.78, 5) is 0. The Kier molecular flexibility index (Phi) is 22.2. The lowest BCUT2D eigenvalue weighted by Crippen LogP contribution is -2.05. The second-order valence-corrected chi connectivity index (χ2v) is 9.41. The van der Waals surface area contributed by atoms with Crippen molar-refractivity contribution in [2.75, 3.05) is 0 Å². The van der Waals surface area contributed by atoms with E-state index in [1.165, 1.54) is 109 Å². The first-order chi connectivity index (χ1) is 14.2. The van der Waals surface area contributed by atoms with Gasteiger partial charge in [-0.15, -0.1) is 0 Å². The molecule has 3 unspecified atom stereocenters. The fourth-order valence-corrected chi connectivity index (χ4v) is 4.49. The molecule has 0 aromatic rings. The lowest BCUT2D eigenvalue weighted by molar-refractivity contribution is 0.336. The van der Waals surface area contributed by atoms with E-state index in [1.54, 1.807) is 0 Å². The summed E-state index contributed by atoms with van der Waals surface area (Å²) < 4.78 is 0. The number of unbranched alkanes of at least 4 members (excludes halogenated alkanes) is 9. The van der Waals surface area contributed by atoms with Gasteiger partial charge in [-0.05, 0) is 43.4 Å². The second kappa shape index (κ2) is 22.4. The van der Waals surface area contributed by atoms with Crippen molar-refractivity contribution in [1.29, 1.82) is 0 Å². The third-order valence-electron chi connectivity index (χ3n) is 7.04. The molecule has 0 saturated carbocycles. The van der Waals surface area contributed by atoms with Gasteiger partial charge in [-0.3, -0.25) is 0 Å². The van der Waals surface area contributed by atoms with Crippen LogP contribution in [0.4, 0.5) is 0 Å². The average molecular weight is 405 g/mol. The molecule has 0 fully saturated rings. The first kappa shape index (κ1) is 28.7. The molecule has 172 valence electrons. The molecule has 0 N–H and O–H groups in total. The van der Waals surface area contributed by atoms with Gasteiger partial charge in [0.2, 0.25) is 0 Å². The Balaban J connectivity index is 3.53. The summed E-state index contributed by atoms with van der Waals surface area (Å²) in [5.41, 5.74) is 0. The van der Waals surface area contributed by atoms with E-state index < -0.39 is 0 Å². The molecule has 0 spiro atoms. The van der Waals surface area contributed by atoms with Crippen LogP contribution < -0.4 is 0 Å². The molecule has 0 aromatic carbocycles. The Labute approximate surface area is 186 Å². The maximum atomic E-state index is 4.02. The van der Waals surface area contributed by atoms with E-state index in [2.05, 4.69) is 46.8 Å². The highest BCUT2D eigenvalue weighted by Crippen LogP contribution is 2.26. The van der Waals surface area contributed by atoms with Gasteiger partial charge in [-0.25, -0.2) is 0 Å². The molecule has 2 radical (unpaired) electrons. The summed E-state index contributed by atoms with van der Waals surface area (Å²) in [6.45, 7) is 15.1. The lowest BCUT2D eigenvalue weighted by atomic mass is 9.87. The second-order valence-electron chi connectivity index (χ2n) is 9.41. The SMILES string of the molecule is [CH2]CCCC(CC)CCC(CC)CCCCCCCCCCC=CC(C[CH2])CC. The van der Waals surface area contributed by atoms with Gasteiger partial charge in [-0.2, -0.15) is 0 Å². The first-order valence-electron chi connectivity index (χ1n) is 13.5. The minimum atomic E-state index is 0.703. The van der Waals surface area contributed by atoms with Gasteiger partial charge in [0, 0.05) is 0 Å². The summed E-state index contributed by atoms with van der Waals surface area (Å²) in [5, 5.41) is 0. The van der Waals surface area contributed by atoms with E-state index in [4.69, 9.17) is 0 Å². The Hall–Kier alpha value is -0.260. The van der Waals surface area contributed by atoms with Gasteiger partial charge >= 0.3 is 0 Å².